The van der Waals surface area contributed by atoms with E-state index in [0.717, 1.165) is 6.54 Å². The summed E-state index contributed by atoms with van der Waals surface area (Å²) in [4.78, 5) is 8.52. The van der Waals surface area contributed by atoms with Crippen LogP contribution in [0.1, 0.15) is 26.7 Å². The maximum atomic E-state index is 6.10. The monoisotopic (exact) mass is 328 g/mol. The van der Waals surface area contributed by atoms with Gasteiger partial charge in [-0.25, -0.2) is 4.98 Å². The number of hydrogen-bond donors (Lipinski definition) is 1. The minimum absolute atomic E-state index is 0.289. The summed E-state index contributed by atoms with van der Waals surface area (Å²) in [5.74, 6) is 1.42. The lowest BCUT2D eigenvalue weighted by molar-refractivity contribution is 0.329. The van der Waals surface area contributed by atoms with Gasteiger partial charge < -0.3 is 9.84 Å². The van der Waals surface area contributed by atoms with Crippen LogP contribution in [-0.4, -0.2) is 27.7 Å². The summed E-state index contributed by atoms with van der Waals surface area (Å²) in [5.41, 5.74) is 0.473. The highest BCUT2D eigenvalue weighted by Gasteiger charge is 2.19. The first-order chi connectivity index (χ1) is 10.0. The zero-order valence-corrected chi connectivity index (χ0v) is 13.7. The molecule has 114 valence electrons. The molecule has 0 amide bonds. The average molecular weight is 329 g/mol. The fourth-order valence-corrected chi connectivity index (χ4v) is 2.47. The Morgan fingerprint density at radius 3 is 2.71 bits per heavy atom. The van der Waals surface area contributed by atoms with E-state index in [1.165, 1.54) is 6.20 Å². The van der Waals surface area contributed by atoms with Gasteiger partial charge in [0.2, 0.25) is 11.7 Å². The number of hydrogen-bond acceptors (Lipinski definition) is 5. The topological polar surface area (TPSA) is 63.8 Å². The summed E-state index contributed by atoms with van der Waals surface area (Å²) >= 11 is 11.9. The minimum atomic E-state index is 0.289. The Balaban J connectivity index is 2.17. The molecule has 0 spiro atoms. The smallest absolute Gasteiger partial charge is 0.228 e. The second kappa shape index (κ2) is 7.20. The van der Waals surface area contributed by atoms with Gasteiger partial charge in [0, 0.05) is 18.7 Å². The van der Waals surface area contributed by atoms with Crippen molar-refractivity contribution in [2.75, 3.05) is 6.54 Å². The van der Waals surface area contributed by atoms with Crippen molar-refractivity contribution < 1.29 is 4.52 Å². The van der Waals surface area contributed by atoms with Gasteiger partial charge in [-0.2, -0.15) is 4.98 Å². The molecule has 0 aliphatic heterocycles. The molecular weight excluding hydrogens is 311 g/mol. The lowest BCUT2D eigenvalue weighted by atomic mass is 10.0. The second-order valence-electron chi connectivity index (χ2n) is 5.11. The van der Waals surface area contributed by atoms with Crippen molar-refractivity contribution in [1.29, 1.82) is 0 Å². The van der Waals surface area contributed by atoms with Gasteiger partial charge in [-0.3, -0.25) is 0 Å². The van der Waals surface area contributed by atoms with E-state index in [-0.39, 0.29) is 6.04 Å². The molecule has 1 atom stereocenters. The quantitative estimate of drug-likeness (QED) is 0.877. The SMILES string of the molecule is CCNC(Cc1nc(-c2ncc(Cl)cc2Cl)no1)C(C)C. The van der Waals surface area contributed by atoms with Crippen molar-refractivity contribution in [3.63, 3.8) is 0 Å². The zero-order chi connectivity index (χ0) is 15.4. The third kappa shape index (κ3) is 4.15. The fraction of sp³-hybridized carbons (Fsp3) is 0.500. The number of aromatic nitrogens is 3. The molecule has 1 N–H and O–H groups in total. The van der Waals surface area contributed by atoms with Gasteiger partial charge in [-0.15, -0.1) is 0 Å². The van der Waals surface area contributed by atoms with Crippen molar-refractivity contribution in [2.45, 2.75) is 33.2 Å². The normalized spacial score (nSPS) is 12.9. The highest BCUT2D eigenvalue weighted by molar-refractivity contribution is 6.35. The Hall–Kier alpha value is -1.17. The number of nitrogens with zero attached hydrogens (tertiary/aromatic N) is 3. The van der Waals surface area contributed by atoms with E-state index in [1.54, 1.807) is 6.07 Å². The molecule has 1 unspecified atom stereocenters. The summed E-state index contributed by atoms with van der Waals surface area (Å²) in [6.45, 7) is 7.28. The van der Waals surface area contributed by atoms with Crippen LogP contribution >= 0.6 is 23.2 Å². The van der Waals surface area contributed by atoms with E-state index in [9.17, 15) is 0 Å². The van der Waals surface area contributed by atoms with Gasteiger partial charge in [0.25, 0.3) is 0 Å². The fourth-order valence-electron chi connectivity index (χ4n) is 2.01. The molecule has 7 heteroatoms. The molecular formula is C14H18Cl2N4O. The van der Waals surface area contributed by atoms with Crippen LogP contribution in [0.2, 0.25) is 10.0 Å². The molecule has 0 aromatic carbocycles. The molecule has 0 bridgehead atoms. The molecule has 21 heavy (non-hydrogen) atoms. The lowest BCUT2D eigenvalue weighted by Gasteiger charge is -2.19. The van der Waals surface area contributed by atoms with E-state index in [4.69, 9.17) is 27.7 Å². The summed E-state index contributed by atoms with van der Waals surface area (Å²) < 4.78 is 5.30. The van der Waals surface area contributed by atoms with Gasteiger partial charge in [0.05, 0.1) is 10.0 Å². The number of halogens is 2. The summed E-state index contributed by atoms with van der Waals surface area (Å²) in [5, 5.41) is 8.23. The Morgan fingerprint density at radius 1 is 1.33 bits per heavy atom. The van der Waals surface area contributed by atoms with E-state index in [1.807, 2.05) is 0 Å². The summed E-state index contributed by atoms with van der Waals surface area (Å²) in [7, 11) is 0. The van der Waals surface area contributed by atoms with Crippen molar-refractivity contribution in [2.24, 2.45) is 5.92 Å². The molecule has 2 rings (SSSR count). The van der Waals surface area contributed by atoms with Gasteiger partial charge in [-0.1, -0.05) is 49.1 Å². The summed E-state index contributed by atoms with van der Waals surface area (Å²) in [6, 6.07) is 1.90. The molecule has 0 radical (unpaired) electrons. The maximum Gasteiger partial charge on any atom is 0.228 e. The van der Waals surface area contributed by atoms with E-state index >= 15 is 0 Å². The van der Waals surface area contributed by atoms with Crippen molar-refractivity contribution in [3.8, 4) is 11.5 Å². The maximum absolute atomic E-state index is 6.10. The summed E-state index contributed by atoms with van der Waals surface area (Å²) in [6.07, 6.45) is 2.18. The highest BCUT2D eigenvalue weighted by atomic mass is 35.5. The minimum Gasteiger partial charge on any atom is -0.339 e. The van der Waals surface area contributed by atoms with Crippen molar-refractivity contribution in [1.82, 2.24) is 20.4 Å². The van der Waals surface area contributed by atoms with Gasteiger partial charge in [0.1, 0.15) is 5.69 Å². The highest BCUT2D eigenvalue weighted by Crippen LogP contribution is 2.26. The number of likely N-dealkylation sites (N-methyl/N-ethyl adjacent to an activating group) is 1. The Labute approximate surface area is 134 Å². The largest absolute Gasteiger partial charge is 0.339 e. The van der Waals surface area contributed by atoms with Crippen LogP contribution in [-0.2, 0) is 6.42 Å². The Kier molecular flexibility index (Phi) is 5.56. The average Bonchev–Trinajstić information content (AvgIpc) is 2.86. The Bertz CT molecular complexity index is 600. The first-order valence-corrected chi connectivity index (χ1v) is 7.64. The molecule has 5 nitrogen and oxygen atoms in total. The second-order valence-corrected chi connectivity index (χ2v) is 5.95. The molecule has 0 saturated carbocycles. The molecule has 0 aliphatic rings. The molecule has 2 heterocycles. The number of pyridine rings is 1. The van der Waals surface area contributed by atoms with Crippen LogP contribution in [0.25, 0.3) is 11.5 Å². The number of rotatable bonds is 6. The van der Waals surface area contributed by atoms with Crippen molar-refractivity contribution in [3.05, 3.63) is 28.2 Å². The van der Waals surface area contributed by atoms with Crippen LogP contribution in [0.5, 0.6) is 0 Å². The van der Waals surface area contributed by atoms with E-state index in [0.29, 0.717) is 39.8 Å². The molecule has 2 aromatic heterocycles. The van der Waals surface area contributed by atoms with Crippen molar-refractivity contribution >= 4 is 23.2 Å². The third-order valence-corrected chi connectivity index (χ3v) is 3.65. The van der Waals surface area contributed by atoms with Crippen LogP contribution in [0.15, 0.2) is 16.8 Å². The van der Waals surface area contributed by atoms with Gasteiger partial charge in [0.15, 0.2) is 0 Å². The molecule has 0 fully saturated rings. The van der Waals surface area contributed by atoms with Crippen LogP contribution in [0, 0.1) is 5.92 Å². The molecule has 0 saturated heterocycles. The molecule has 0 aliphatic carbocycles. The zero-order valence-electron chi connectivity index (χ0n) is 12.2. The predicted molar refractivity (Wildman–Crippen MR) is 83.6 cm³/mol. The predicted octanol–water partition coefficient (Wildman–Crippen LogP) is 3.62. The third-order valence-electron chi connectivity index (χ3n) is 3.15. The van der Waals surface area contributed by atoms with E-state index in [2.05, 4.69) is 41.2 Å². The molecule has 2 aromatic rings. The number of nitrogens with one attached hydrogen (secondary N) is 1. The standard InChI is InChI=1S/C14H18Cl2N4O/c1-4-17-11(8(2)3)6-12-19-14(20-21-12)13-10(16)5-9(15)7-18-13/h5,7-8,11,17H,4,6H2,1-3H3. The van der Waals surface area contributed by atoms with E-state index < -0.39 is 0 Å². The Morgan fingerprint density at radius 2 is 2.10 bits per heavy atom. The van der Waals surface area contributed by atoms with Crippen LogP contribution in [0.4, 0.5) is 0 Å². The first-order valence-electron chi connectivity index (χ1n) is 6.88. The van der Waals surface area contributed by atoms with Crippen LogP contribution in [0.3, 0.4) is 0 Å². The lowest BCUT2D eigenvalue weighted by Crippen LogP contribution is -2.35. The van der Waals surface area contributed by atoms with Gasteiger partial charge >= 0.3 is 0 Å². The van der Waals surface area contributed by atoms with Crippen LogP contribution < -0.4 is 5.32 Å². The van der Waals surface area contributed by atoms with Gasteiger partial charge in [-0.05, 0) is 18.5 Å². The first kappa shape index (κ1) is 16.2.